The van der Waals surface area contributed by atoms with Gasteiger partial charge in [0.2, 0.25) is 0 Å². The highest BCUT2D eigenvalue weighted by molar-refractivity contribution is 7.80. The van der Waals surface area contributed by atoms with Crippen molar-refractivity contribution in [3.05, 3.63) is 0 Å². The Hall–Kier alpha value is -0.790. The third-order valence-corrected chi connectivity index (χ3v) is 4.49. The maximum absolute atomic E-state index is 8.74. The Balaban J connectivity index is -0.000000116. The fraction of sp³-hybridized carbons (Fsp3) is 0.909. The minimum Gasteiger partial charge on any atom is -0.475 e. The van der Waals surface area contributed by atoms with Gasteiger partial charge in [0.1, 0.15) is 0 Å². The lowest BCUT2D eigenvalue weighted by molar-refractivity contribution is 0.241. The van der Waals surface area contributed by atoms with E-state index >= 15 is 0 Å². The van der Waals surface area contributed by atoms with Gasteiger partial charge in [0, 0.05) is 13.1 Å². The lowest BCUT2D eigenvalue weighted by atomic mass is 10.1. The molecule has 0 saturated heterocycles. The highest BCUT2D eigenvalue weighted by atomic mass is 32.3. The molecule has 0 aliphatic rings. The van der Waals surface area contributed by atoms with Crippen LogP contribution in [0.4, 0.5) is 0 Å². The van der Waals surface area contributed by atoms with Gasteiger partial charge in [-0.25, -0.2) is 0 Å². The third kappa shape index (κ3) is 57.7. The molecule has 0 aliphatic carbocycles. The number of nitrogens with two attached hydrogens (primary N) is 1. The molecule has 0 radical (unpaired) electrons. The fourth-order valence-electron chi connectivity index (χ4n) is 2.32. The minimum absolute atomic E-state index is 0. The fourth-order valence-corrected chi connectivity index (χ4v) is 2.66. The molecule has 0 aromatic heterocycles. The smallest absolute Gasteiger partial charge is 0.394 e. The summed E-state index contributed by atoms with van der Waals surface area (Å²) in [7, 11) is -3.23. The van der Waals surface area contributed by atoms with Crippen LogP contribution in [0.5, 0.6) is 0 Å². The summed E-state index contributed by atoms with van der Waals surface area (Å²) in [6, 6.07) is 0. The lowest BCUT2D eigenvalue weighted by Gasteiger charge is -2.21. The van der Waals surface area contributed by atoms with Gasteiger partial charge >= 0.3 is 10.4 Å². The van der Waals surface area contributed by atoms with Crippen LogP contribution < -0.4 is 11.9 Å². The average molecular weight is 554 g/mol. The molecule has 12 heteroatoms. The van der Waals surface area contributed by atoms with E-state index in [1.54, 1.807) is 0 Å². The van der Waals surface area contributed by atoms with Crippen LogP contribution in [0.3, 0.4) is 0 Å². The molecular weight excluding hydrogens is 498 g/mol. The topological polar surface area (TPSA) is 157 Å². The molecule has 0 unspecified atom stereocenters. The molecule has 7 N–H and O–H groups in total. The predicted octanol–water partition coefficient (Wildman–Crippen LogP) is 6.60. The molecule has 0 aromatic carbocycles. The zero-order valence-corrected chi connectivity index (χ0v) is 24.1. The average Bonchev–Trinajstić information content (AvgIpc) is 2.73. The second kappa shape index (κ2) is 36.8. The molecule has 0 heterocycles. The van der Waals surface area contributed by atoms with Crippen molar-refractivity contribution >= 4 is 45.2 Å². The van der Waals surface area contributed by atoms with Gasteiger partial charge in [-0.05, 0) is 44.7 Å². The van der Waals surface area contributed by atoms with Crippen molar-refractivity contribution in [2.24, 2.45) is 5.73 Å². The molecule has 212 valence electrons. The molecule has 0 amide bonds. The van der Waals surface area contributed by atoms with E-state index in [0.717, 1.165) is 26.1 Å². The number of nitrogens with zero attached hydrogens (tertiary/aromatic N) is 1. The van der Waals surface area contributed by atoms with Crippen molar-refractivity contribution in [1.29, 1.82) is 0 Å². The van der Waals surface area contributed by atoms with Gasteiger partial charge < -0.3 is 26.3 Å². The van der Waals surface area contributed by atoms with E-state index in [9.17, 15) is 0 Å². The maximum atomic E-state index is 8.74. The Morgan fingerprint density at radius 3 is 1.41 bits per heavy atom. The number of hydrogen-bond donors (Lipinski definition) is 4. The normalized spacial score (nSPS) is 9.06. The SMILES string of the molecule is C.CC.CCCCCCCCCCCCOC(=S)N(CC)CC.COC(N)=S.N.O=S(=O)(O)O. The summed E-state index contributed by atoms with van der Waals surface area (Å²) >= 11 is 9.50. The van der Waals surface area contributed by atoms with Crippen LogP contribution in [-0.2, 0) is 19.9 Å². The number of rotatable bonds is 13. The molecule has 0 rings (SSSR count). The summed E-state index contributed by atoms with van der Waals surface area (Å²) in [6.45, 7) is 13.2. The number of thiocarbonyl (C=S) groups is 2. The molecule has 0 bridgehead atoms. The summed E-state index contributed by atoms with van der Waals surface area (Å²) in [5.74, 6) is 0. The van der Waals surface area contributed by atoms with Crippen molar-refractivity contribution in [1.82, 2.24) is 11.1 Å². The second-order valence-corrected chi connectivity index (χ2v) is 8.09. The summed E-state index contributed by atoms with van der Waals surface area (Å²) in [5.41, 5.74) is 4.80. The summed E-state index contributed by atoms with van der Waals surface area (Å²) in [4.78, 5) is 2.09. The van der Waals surface area contributed by atoms with Crippen LogP contribution in [0, 0.1) is 0 Å². The second-order valence-electron chi connectivity index (χ2n) is 6.44. The molecule has 0 fully saturated rings. The predicted molar refractivity (Wildman–Crippen MR) is 154 cm³/mol. The molecule has 0 saturated carbocycles. The molecule has 0 spiro atoms. The zero-order chi connectivity index (χ0) is 25.8. The summed E-state index contributed by atoms with van der Waals surface area (Å²) in [5, 5.41) is 0.760. The van der Waals surface area contributed by atoms with Crippen molar-refractivity contribution in [2.45, 2.75) is 106 Å². The minimum atomic E-state index is -4.67. The van der Waals surface area contributed by atoms with Crippen LogP contribution in [-0.4, -0.2) is 59.6 Å². The summed E-state index contributed by atoms with van der Waals surface area (Å²) < 4.78 is 41.5. The lowest BCUT2D eigenvalue weighted by Crippen LogP contribution is -2.31. The van der Waals surface area contributed by atoms with Gasteiger partial charge in [-0.1, -0.05) is 86.0 Å². The third-order valence-electron chi connectivity index (χ3n) is 3.95. The van der Waals surface area contributed by atoms with E-state index in [1.165, 1.54) is 64.9 Å². The van der Waals surface area contributed by atoms with E-state index in [1.807, 2.05) is 13.8 Å². The zero-order valence-electron chi connectivity index (χ0n) is 21.7. The number of hydrogen-bond acceptors (Lipinski definition) is 7. The highest BCUT2D eigenvalue weighted by Crippen LogP contribution is 2.10. The Kier molecular flexibility index (Phi) is 50.3. The molecule has 0 atom stereocenters. The number of ether oxygens (including phenoxy) is 2. The highest BCUT2D eigenvalue weighted by Gasteiger charge is 2.05. The number of methoxy groups -OCH3 is 1. The quantitative estimate of drug-likeness (QED) is 0.111. The first-order valence-corrected chi connectivity index (χ1v) is 13.7. The van der Waals surface area contributed by atoms with Gasteiger partial charge in [-0.2, -0.15) is 8.42 Å². The van der Waals surface area contributed by atoms with E-state index in [2.05, 4.69) is 42.6 Å². The molecule has 9 nitrogen and oxygen atoms in total. The van der Waals surface area contributed by atoms with Crippen molar-refractivity contribution < 1.29 is 27.0 Å². The Bertz CT molecular complexity index is 498. The van der Waals surface area contributed by atoms with E-state index < -0.39 is 10.4 Å². The van der Waals surface area contributed by atoms with Crippen molar-refractivity contribution in [3.8, 4) is 0 Å². The van der Waals surface area contributed by atoms with Gasteiger partial charge in [0.25, 0.3) is 10.3 Å². The molecular formula is C22H55N3O6S3. The van der Waals surface area contributed by atoms with Gasteiger partial charge in [-0.3, -0.25) is 9.11 Å². The molecule has 34 heavy (non-hydrogen) atoms. The molecule has 0 aromatic rings. The summed E-state index contributed by atoms with van der Waals surface area (Å²) in [6.07, 6.45) is 13.6. The van der Waals surface area contributed by atoms with Crippen LogP contribution in [0.2, 0.25) is 0 Å². The van der Waals surface area contributed by atoms with E-state index in [4.69, 9.17) is 40.2 Å². The van der Waals surface area contributed by atoms with Crippen LogP contribution in [0.15, 0.2) is 0 Å². The molecule has 0 aliphatic heterocycles. The van der Waals surface area contributed by atoms with Gasteiger partial charge in [-0.15, -0.1) is 0 Å². The largest absolute Gasteiger partial charge is 0.475 e. The van der Waals surface area contributed by atoms with E-state index in [-0.39, 0.29) is 18.8 Å². The first kappa shape index (κ1) is 46.5. The maximum Gasteiger partial charge on any atom is 0.394 e. The monoisotopic (exact) mass is 553 g/mol. The van der Waals surface area contributed by atoms with Crippen LogP contribution >= 0.6 is 24.4 Å². The van der Waals surface area contributed by atoms with Crippen molar-refractivity contribution in [2.75, 3.05) is 26.8 Å². The first-order chi connectivity index (χ1) is 15.0. The van der Waals surface area contributed by atoms with Crippen LogP contribution in [0.1, 0.15) is 106 Å². The Morgan fingerprint density at radius 2 is 1.15 bits per heavy atom. The number of unbranched alkanes of at least 4 members (excludes halogenated alkanes) is 9. The van der Waals surface area contributed by atoms with E-state index in [0.29, 0.717) is 5.17 Å². The van der Waals surface area contributed by atoms with Crippen LogP contribution in [0.25, 0.3) is 0 Å². The standard InChI is InChI=1S/C17H35NOS.C2H5NOS.C2H6.CH4.H3N.H2O4S/c1-4-7-8-9-10-11-12-13-14-15-16-19-17(20)18(5-2)6-3;1-4-2(3)5;1-2;;;1-5(2,3)4/h4-16H2,1-3H3;1H3,(H2,3,5);1-2H3;1H4;1H3;(H2,1,2,3,4). The van der Waals surface area contributed by atoms with Crippen molar-refractivity contribution in [3.63, 3.8) is 0 Å². The van der Waals surface area contributed by atoms with Gasteiger partial charge in [0.05, 0.1) is 13.7 Å². The Morgan fingerprint density at radius 1 is 0.853 bits per heavy atom. The Labute approximate surface area is 221 Å². The first-order valence-electron chi connectivity index (χ1n) is 11.5. The van der Waals surface area contributed by atoms with Gasteiger partial charge in [0.15, 0.2) is 0 Å².